The van der Waals surface area contributed by atoms with Crippen molar-refractivity contribution in [2.75, 3.05) is 0 Å². The Hall–Kier alpha value is -1.81. The van der Waals surface area contributed by atoms with Gasteiger partial charge in [-0.05, 0) is 51.0 Å². The van der Waals surface area contributed by atoms with E-state index in [9.17, 15) is 0 Å². The van der Waals surface area contributed by atoms with Crippen molar-refractivity contribution >= 4 is 0 Å². The fraction of sp³-hybridized carbons (Fsp3) is 0.438. The molecule has 0 radical (unpaired) electrons. The molecule has 1 aromatic heterocycles. The van der Waals surface area contributed by atoms with Gasteiger partial charge in [-0.2, -0.15) is 5.10 Å². The molecule has 1 heterocycles. The third kappa shape index (κ3) is 3.39. The van der Waals surface area contributed by atoms with Gasteiger partial charge in [0.05, 0.1) is 5.69 Å². The lowest BCUT2D eigenvalue weighted by molar-refractivity contribution is 0.296. The number of aryl methyl sites for hydroxylation is 1. The predicted octanol–water partition coefficient (Wildman–Crippen LogP) is 3.37. The summed E-state index contributed by atoms with van der Waals surface area (Å²) in [6.07, 6.45) is 1.98. The Morgan fingerprint density at radius 2 is 2.00 bits per heavy atom. The highest BCUT2D eigenvalue weighted by Gasteiger charge is 2.06. The lowest BCUT2D eigenvalue weighted by Gasteiger charge is -2.11. The van der Waals surface area contributed by atoms with Gasteiger partial charge in [0.25, 0.3) is 0 Å². The molecule has 1 aromatic carbocycles. The number of nitrogens with zero attached hydrogens (tertiary/aromatic N) is 2. The molecule has 4 nitrogen and oxygen atoms in total. The summed E-state index contributed by atoms with van der Waals surface area (Å²) in [4.78, 5) is 0. The van der Waals surface area contributed by atoms with Gasteiger partial charge >= 0.3 is 0 Å². The van der Waals surface area contributed by atoms with Crippen LogP contribution in [0, 0.1) is 6.92 Å². The topological polar surface area (TPSA) is 53.1 Å². The van der Waals surface area contributed by atoms with Crippen LogP contribution in [0.5, 0.6) is 5.75 Å². The van der Waals surface area contributed by atoms with Crippen molar-refractivity contribution in [2.24, 2.45) is 5.73 Å². The maximum absolute atomic E-state index is 5.88. The van der Waals surface area contributed by atoms with Crippen molar-refractivity contribution in [1.29, 1.82) is 0 Å². The molecule has 0 fully saturated rings. The molecule has 0 unspecified atom stereocenters. The Balaban J connectivity index is 2.03. The maximum Gasteiger partial charge on any atom is 0.132 e. The molecule has 20 heavy (non-hydrogen) atoms. The standard InChI is InChI=1S/C16H23N3O/c1-11(2)19-8-7-15(18-19)10-20-16-6-5-14(13(4)17)9-12(16)3/h5-9,11,13H,10,17H2,1-4H3/t13-/m0/s1. The van der Waals surface area contributed by atoms with E-state index in [2.05, 4.69) is 25.0 Å². The summed E-state index contributed by atoms with van der Waals surface area (Å²) in [6.45, 7) is 8.71. The summed E-state index contributed by atoms with van der Waals surface area (Å²) < 4.78 is 7.77. The second-order valence-electron chi connectivity index (χ2n) is 5.48. The van der Waals surface area contributed by atoms with Gasteiger partial charge in [-0.25, -0.2) is 0 Å². The Bertz CT molecular complexity index is 573. The molecule has 0 saturated heterocycles. The van der Waals surface area contributed by atoms with E-state index < -0.39 is 0 Å². The molecule has 1 atom stereocenters. The molecule has 0 amide bonds. The lowest BCUT2D eigenvalue weighted by Crippen LogP contribution is -2.06. The van der Waals surface area contributed by atoms with E-state index in [4.69, 9.17) is 10.5 Å². The van der Waals surface area contributed by atoms with E-state index in [1.807, 2.05) is 42.9 Å². The van der Waals surface area contributed by atoms with Crippen molar-refractivity contribution in [3.8, 4) is 5.75 Å². The van der Waals surface area contributed by atoms with Gasteiger partial charge in [-0.15, -0.1) is 0 Å². The molecule has 0 aliphatic carbocycles. The summed E-state index contributed by atoms with van der Waals surface area (Å²) in [5, 5.41) is 4.47. The highest BCUT2D eigenvalue weighted by atomic mass is 16.5. The van der Waals surface area contributed by atoms with E-state index >= 15 is 0 Å². The van der Waals surface area contributed by atoms with E-state index in [1.165, 1.54) is 0 Å². The predicted molar refractivity (Wildman–Crippen MR) is 80.7 cm³/mol. The Morgan fingerprint density at radius 3 is 2.55 bits per heavy atom. The monoisotopic (exact) mass is 273 g/mol. The van der Waals surface area contributed by atoms with Gasteiger partial charge in [0.15, 0.2) is 0 Å². The Kier molecular flexibility index (Phi) is 4.45. The van der Waals surface area contributed by atoms with Gasteiger partial charge in [0.1, 0.15) is 12.4 Å². The molecular formula is C16H23N3O. The summed E-state index contributed by atoms with van der Waals surface area (Å²) >= 11 is 0. The summed E-state index contributed by atoms with van der Waals surface area (Å²) in [5.41, 5.74) is 9.04. The average molecular weight is 273 g/mol. The first kappa shape index (κ1) is 14.6. The van der Waals surface area contributed by atoms with Crippen molar-refractivity contribution in [3.05, 3.63) is 47.3 Å². The van der Waals surface area contributed by atoms with Gasteiger partial charge < -0.3 is 10.5 Å². The Morgan fingerprint density at radius 1 is 1.25 bits per heavy atom. The molecule has 4 heteroatoms. The second kappa shape index (κ2) is 6.09. The first-order chi connectivity index (χ1) is 9.47. The van der Waals surface area contributed by atoms with Gasteiger partial charge in [-0.1, -0.05) is 12.1 Å². The van der Waals surface area contributed by atoms with Gasteiger partial charge in [-0.3, -0.25) is 4.68 Å². The number of hydrogen-bond acceptors (Lipinski definition) is 3. The largest absolute Gasteiger partial charge is 0.487 e. The van der Waals surface area contributed by atoms with Crippen LogP contribution in [0.25, 0.3) is 0 Å². The van der Waals surface area contributed by atoms with Crippen LogP contribution >= 0.6 is 0 Å². The summed E-state index contributed by atoms with van der Waals surface area (Å²) in [5.74, 6) is 0.883. The van der Waals surface area contributed by atoms with Crippen LogP contribution in [-0.2, 0) is 6.61 Å². The van der Waals surface area contributed by atoms with Crippen LogP contribution in [0.1, 0.15) is 49.7 Å². The number of benzene rings is 1. The molecule has 0 bridgehead atoms. The van der Waals surface area contributed by atoms with Crippen molar-refractivity contribution in [2.45, 2.75) is 46.4 Å². The molecule has 2 rings (SSSR count). The van der Waals surface area contributed by atoms with Gasteiger partial charge in [0, 0.05) is 18.3 Å². The van der Waals surface area contributed by atoms with E-state index in [0.29, 0.717) is 12.6 Å². The lowest BCUT2D eigenvalue weighted by atomic mass is 10.1. The van der Waals surface area contributed by atoms with Crippen molar-refractivity contribution in [1.82, 2.24) is 9.78 Å². The minimum Gasteiger partial charge on any atom is -0.487 e. The zero-order valence-electron chi connectivity index (χ0n) is 12.6. The van der Waals surface area contributed by atoms with E-state index in [-0.39, 0.29) is 6.04 Å². The first-order valence-electron chi connectivity index (χ1n) is 7.00. The summed E-state index contributed by atoms with van der Waals surface area (Å²) in [6, 6.07) is 8.48. The van der Waals surface area contributed by atoms with Crippen molar-refractivity contribution < 1.29 is 4.74 Å². The molecule has 2 aromatic rings. The minimum absolute atomic E-state index is 0.0458. The minimum atomic E-state index is 0.0458. The van der Waals surface area contributed by atoms with Crippen LogP contribution in [0.3, 0.4) is 0 Å². The fourth-order valence-electron chi connectivity index (χ4n) is 2.01. The molecule has 2 N–H and O–H groups in total. The quantitative estimate of drug-likeness (QED) is 0.908. The third-order valence-electron chi connectivity index (χ3n) is 3.29. The zero-order chi connectivity index (χ0) is 14.7. The SMILES string of the molecule is Cc1cc([C@H](C)N)ccc1OCc1ccn(C(C)C)n1. The smallest absolute Gasteiger partial charge is 0.132 e. The third-order valence-corrected chi connectivity index (χ3v) is 3.29. The van der Waals surface area contributed by atoms with E-state index in [0.717, 1.165) is 22.6 Å². The average Bonchev–Trinajstić information content (AvgIpc) is 2.86. The summed E-state index contributed by atoms with van der Waals surface area (Å²) in [7, 11) is 0. The Labute approximate surface area is 120 Å². The molecule has 0 aliphatic heterocycles. The van der Waals surface area contributed by atoms with Crippen LogP contribution in [0.2, 0.25) is 0 Å². The number of ether oxygens (including phenoxy) is 1. The number of aromatic nitrogens is 2. The highest BCUT2D eigenvalue weighted by Crippen LogP contribution is 2.22. The number of rotatable bonds is 5. The molecule has 108 valence electrons. The maximum atomic E-state index is 5.88. The first-order valence-corrected chi connectivity index (χ1v) is 7.00. The molecule has 0 saturated carbocycles. The van der Waals surface area contributed by atoms with Crippen LogP contribution in [0.15, 0.2) is 30.5 Å². The molecule has 0 spiro atoms. The zero-order valence-corrected chi connectivity index (χ0v) is 12.6. The fourth-order valence-corrected chi connectivity index (χ4v) is 2.01. The van der Waals surface area contributed by atoms with Crippen LogP contribution in [-0.4, -0.2) is 9.78 Å². The second-order valence-corrected chi connectivity index (χ2v) is 5.48. The molecule has 0 aliphatic rings. The van der Waals surface area contributed by atoms with Crippen molar-refractivity contribution in [3.63, 3.8) is 0 Å². The van der Waals surface area contributed by atoms with Crippen LogP contribution in [0.4, 0.5) is 0 Å². The van der Waals surface area contributed by atoms with E-state index in [1.54, 1.807) is 0 Å². The number of nitrogens with two attached hydrogens (primary N) is 1. The van der Waals surface area contributed by atoms with Gasteiger partial charge in [0.2, 0.25) is 0 Å². The highest BCUT2D eigenvalue weighted by molar-refractivity contribution is 5.37. The molecular weight excluding hydrogens is 250 g/mol. The normalized spacial score (nSPS) is 12.7. The number of hydrogen-bond donors (Lipinski definition) is 1. The van der Waals surface area contributed by atoms with Crippen LogP contribution < -0.4 is 10.5 Å².